The van der Waals surface area contributed by atoms with E-state index in [1.165, 1.54) is 18.2 Å². The normalized spacial score (nSPS) is 10.6. The van der Waals surface area contributed by atoms with Crippen LogP contribution in [-0.2, 0) is 10.3 Å². The van der Waals surface area contributed by atoms with Gasteiger partial charge in [0, 0.05) is 0 Å². The van der Waals surface area contributed by atoms with Gasteiger partial charge in [-0.2, -0.15) is 0 Å². The lowest BCUT2D eigenvalue weighted by Gasteiger charge is -2.26. The summed E-state index contributed by atoms with van der Waals surface area (Å²) >= 11 is 0. The number of hydrogen-bond acceptors (Lipinski definition) is 3. The molecule has 0 spiro atoms. The average molecular weight is 263 g/mol. The molecule has 1 aromatic carbocycles. The minimum absolute atomic E-state index is 0.139. The Kier molecular flexibility index (Phi) is 4.69. The van der Waals surface area contributed by atoms with Gasteiger partial charge in [-0.15, -0.1) is 0 Å². The summed E-state index contributed by atoms with van der Waals surface area (Å²) in [6.07, 6.45) is 0.932. The average Bonchev–Trinajstić information content (AvgIpc) is 2.36. The maximum Gasteiger partial charge on any atom is 0.408 e. The minimum atomic E-state index is -0.984. The van der Waals surface area contributed by atoms with E-state index in [9.17, 15) is 9.59 Å². The van der Waals surface area contributed by atoms with Crippen LogP contribution in [0.25, 0.3) is 0 Å². The number of carbonyl (C=O) groups is 2. The zero-order valence-electron chi connectivity index (χ0n) is 11.0. The molecule has 0 radical (unpaired) electrons. The summed E-state index contributed by atoms with van der Waals surface area (Å²) in [6, 6.07) is 6.32. The first kappa shape index (κ1) is 14.8. The third-order valence-electron chi connectivity index (χ3n) is 2.60. The summed E-state index contributed by atoms with van der Waals surface area (Å²) in [5.41, 5.74) is 0.330. The molecule has 0 fully saturated rings. The van der Waals surface area contributed by atoms with Gasteiger partial charge < -0.3 is 15.2 Å². The number of amides is 1. The number of rotatable bonds is 5. The van der Waals surface area contributed by atoms with E-state index in [1.54, 1.807) is 26.0 Å². The Morgan fingerprint density at radius 2 is 1.95 bits per heavy atom. The molecule has 0 saturated carbocycles. The number of benzene rings is 1. The second-order valence-electron chi connectivity index (χ2n) is 4.52. The lowest BCUT2D eigenvalue weighted by atomic mass is 9.93. The van der Waals surface area contributed by atoms with E-state index in [1.807, 2.05) is 0 Å². The molecule has 0 bridgehead atoms. The molecule has 5 heteroatoms. The lowest BCUT2D eigenvalue weighted by Crippen LogP contribution is -2.41. The number of nitrogens with one attached hydrogen (secondary N) is 1. The molecular formula is C14H17NO4. The predicted molar refractivity (Wildman–Crippen MR) is 71.1 cm³/mol. The van der Waals surface area contributed by atoms with Crippen molar-refractivity contribution in [2.75, 3.05) is 6.61 Å². The molecule has 1 rings (SSSR count). The zero-order chi connectivity index (χ0) is 14.5. The third-order valence-corrected chi connectivity index (χ3v) is 2.60. The molecule has 1 amide bonds. The van der Waals surface area contributed by atoms with Crippen LogP contribution in [0.1, 0.15) is 29.8 Å². The molecule has 0 unspecified atom stereocenters. The third kappa shape index (κ3) is 4.13. The highest BCUT2D eigenvalue weighted by Gasteiger charge is 2.23. The summed E-state index contributed by atoms with van der Waals surface area (Å²) in [7, 11) is 0. The quantitative estimate of drug-likeness (QED) is 0.800. The van der Waals surface area contributed by atoms with Crippen molar-refractivity contribution >= 4 is 12.1 Å². The van der Waals surface area contributed by atoms with Crippen molar-refractivity contribution in [1.29, 1.82) is 0 Å². The molecular weight excluding hydrogens is 246 g/mol. The number of aromatic carboxylic acids is 1. The lowest BCUT2D eigenvalue weighted by molar-refractivity contribution is 0.0696. The SMILES string of the molecule is C=CCOC(=O)NC(C)(C)c1ccc(C(=O)O)cc1. The van der Waals surface area contributed by atoms with Crippen molar-refractivity contribution in [3.05, 3.63) is 48.0 Å². The van der Waals surface area contributed by atoms with Gasteiger partial charge in [-0.25, -0.2) is 9.59 Å². The second-order valence-corrected chi connectivity index (χ2v) is 4.52. The van der Waals surface area contributed by atoms with Crippen LogP contribution < -0.4 is 5.32 Å². The number of carboxylic acids is 1. The summed E-state index contributed by atoms with van der Waals surface area (Å²) in [6.45, 7) is 7.20. The standard InChI is InChI=1S/C14H17NO4/c1-4-9-19-13(18)15-14(2,3)11-7-5-10(6-8-11)12(16)17/h4-8H,1,9H2,2-3H3,(H,15,18)(H,16,17). The zero-order valence-corrected chi connectivity index (χ0v) is 11.0. The summed E-state index contributed by atoms with van der Waals surface area (Å²) in [5, 5.41) is 11.5. The molecule has 0 aromatic heterocycles. The minimum Gasteiger partial charge on any atom is -0.478 e. The highest BCUT2D eigenvalue weighted by Crippen LogP contribution is 2.20. The first-order chi connectivity index (χ1) is 8.86. The van der Waals surface area contributed by atoms with Crippen molar-refractivity contribution < 1.29 is 19.4 Å². The van der Waals surface area contributed by atoms with E-state index >= 15 is 0 Å². The van der Waals surface area contributed by atoms with Gasteiger partial charge in [0.25, 0.3) is 0 Å². The first-order valence-electron chi connectivity index (χ1n) is 5.76. The van der Waals surface area contributed by atoms with Crippen molar-refractivity contribution in [3.8, 4) is 0 Å². The van der Waals surface area contributed by atoms with Crippen molar-refractivity contribution in [3.63, 3.8) is 0 Å². The first-order valence-corrected chi connectivity index (χ1v) is 5.76. The van der Waals surface area contributed by atoms with Crippen LogP contribution in [0, 0.1) is 0 Å². The highest BCUT2D eigenvalue weighted by molar-refractivity contribution is 5.87. The Labute approximate surface area is 111 Å². The summed E-state index contributed by atoms with van der Waals surface area (Å²) in [4.78, 5) is 22.2. The van der Waals surface area contributed by atoms with Gasteiger partial charge >= 0.3 is 12.1 Å². The van der Waals surface area contributed by atoms with Gasteiger partial charge in [0.15, 0.2) is 0 Å². The monoisotopic (exact) mass is 263 g/mol. The fourth-order valence-corrected chi connectivity index (χ4v) is 1.53. The van der Waals surface area contributed by atoms with Crippen LogP contribution in [0.3, 0.4) is 0 Å². The Morgan fingerprint density at radius 3 is 2.42 bits per heavy atom. The van der Waals surface area contributed by atoms with E-state index in [0.29, 0.717) is 0 Å². The molecule has 1 aromatic rings. The van der Waals surface area contributed by atoms with Crippen molar-refractivity contribution in [2.45, 2.75) is 19.4 Å². The van der Waals surface area contributed by atoms with E-state index < -0.39 is 17.6 Å². The van der Waals surface area contributed by atoms with Gasteiger partial charge in [-0.05, 0) is 31.5 Å². The van der Waals surface area contributed by atoms with Crippen LogP contribution in [0.2, 0.25) is 0 Å². The Bertz CT molecular complexity index is 477. The molecule has 0 saturated heterocycles. The van der Waals surface area contributed by atoms with E-state index in [2.05, 4.69) is 11.9 Å². The number of ether oxygens (including phenoxy) is 1. The van der Waals surface area contributed by atoms with Crippen LogP contribution in [-0.4, -0.2) is 23.8 Å². The van der Waals surface area contributed by atoms with Gasteiger partial charge in [0.05, 0.1) is 11.1 Å². The molecule has 5 nitrogen and oxygen atoms in total. The van der Waals surface area contributed by atoms with Crippen LogP contribution in [0.4, 0.5) is 4.79 Å². The molecule has 0 aliphatic heterocycles. The van der Waals surface area contributed by atoms with E-state index in [4.69, 9.17) is 9.84 Å². The predicted octanol–water partition coefficient (Wildman–Crippen LogP) is 2.53. The molecule has 0 aliphatic rings. The Hall–Kier alpha value is -2.30. The largest absolute Gasteiger partial charge is 0.478 e. The smallest absolute Gasteiger partial charge is 0.408 e. The fourth-order valence-electron chi connectivity index (χ4n) is 1.53. The van der Waals surface area contributed by atoms with Crippen LogP contribution in [0.5, 0.6) is 0 Å². The van der Waals surface area contributed by atoms with Gasteiger partial charge in [0.2, 0.25) is 0 Å². The highest BCUT2D eigenvalue weighted by atomic mass is 16.5. The number of hydrogen-bond donors (Lipinski definition) is 2. The van der Waals surface area contributed by atoms with E-state index in [-0.39, 0.29) is 12.2 Å². The summed E-state index contributed by atoms with van der Waals surface area (Å²) < 4.78 is 4.85. The molecule has 0 atom stereocenters. The molecule has 0 aliphatic carbocycles. The number of carboxylic acid groups (broad SMARTS) is 1. The maximum absolute atomic E-state index is 11.5. The molecule has 2 N–H and O–H groups in total. The van der Waals surface area contributed by atoms with Crippen molar-refractivity contribution in [2.24, 2.45) is 0 Å². The van der Waals surface area contributed by atoms with Crippen LogP contribution >= 0.6 is 0 Å². The van der Waals surface area contributed by atoms with Gasteiger partial charge in [-0.3, -0.25) is 0 Å². The molecule has 0 heterocycles. The van der Waals surface area contributed by atoms with Gasteiger partial charge in [-0.1, -0.05) is 24.8 Å². The molecule has 102 valence electrons. The fraction of sp³-hybridized carbons (Fsp3) is 0.286. The Morgan fingerprint density at radius 1 is 1.37 bits per heavy atom. The van der Waals surface area contributed by atoms with E-state index in [0.717, 1.165) is 5.56 Å². The van der Waals surface area contributed by atoms with Crippen molar-refractivity contribution in [1.82, 2.24) is 5.32 Å². The Balaban J connectivity index is 2.78. The number of carbonyl (C=O) groups excluding carboxylic acids is 1. The maximum atomic E-state index is 11.5. The topological polar surface area (TPSA) is 75.6 Å². The number of alkyl carbamates (subject to hydrolysis) is 1. The van der Waals surface area contributed by atoms with Gasteiger partial charge in [0.1, 0.15) is 6.61 Å². The second kappa shape index (κ2) is 6.04. The molecule has 19 heavy (non-hydrogen) atoms. The van der Waals surface area contributed by atoms with Crippen LogP contribution in [0.15, 0.2) is 36.9 Å². The summed E-state index contributed by atoms with van der Waals surface area (Å²) in [5.74, 6) is -0.984.